The number of hydrogen-bond acceptors (Lipinski definition) is 13. The maximum Gasteiger partial charge on any atom is 0.450 e. The van der Waals surface area contributed by atoms with Crippen LogP contribution in [0.25, 0.3) is 20.4 Å². The molecule has 0 aliphatic rings. The van der Waals surface area contributed by atoms with Crippen LogP contribution in [0.2, 0.25) is 0 Å². The number of carboxylic acids is 1. The largest absolute Gasteiger partial charge is 0.477 e. The van der Waals surface area contributed by atoms with Gasteiger partial charge in [-0.1, -0.05) is 12.2 Å². The molecule has 62 heavy (non-hydrogen) atoms. The van der Waals surface area contributed by atoms with Crippen LogP contribution in [0, 0.1) is 36.7 Å². The number of nitrogen functional groups attached to an aromatic ring is 2. The monoisotopic (exact) mass is 952 g/mol. The molecule has 5 aromatic rings. The molecule has 0 radical (unpaired) electrons. The fourth-order valence-electron chi connectivity index (χ4n) is 4.79. The molecule has 0 fully saturated rings. The summed E-state index contributed by atoms with van der Waals surface area (Å²) in [5.74, 6) is -4.86. The van der Waals surface area contributed by atoms with Gasteiger partial charge in [0.15, 0.2) is 0 Å². The van der Waals surface area contributed by atoms with E-state index in [9.17, 15) is 71.9 Å². The van der Waals surface area contributed by atoms with E-state index in [0.29, 0.717) is 11.3 Å². The van der Waals surface area contributed by atoms with Crippen LogP contribution in [-0.2, 0) is 32.9 Å². The SMILES string of the molecule is CC(=O)CC(=O)C(F)(F)F.CCOC(=O)c1sc2nc(C)cc(C(F)(F)F)c2c1N.Cc1cc(C(F)(F)F)c(C#N)c(=S)[nH]1.Cc1cc(C(F)(F)F)c2c(N)c(C(=O)O)sc2n1. The smallest absolute Gasteiger partial charge is 0.450 e. The van der Waals surface area contributed by atoms with Gasteiger partial charge in [0.25, 0.3) is 0 Å². The Kier molecular flexibility index (Phi) is 16.8. The first kappa shape index (κ1) is 52.3. The van der Waals surface area contributed by atoms with E-state index in [1.54, 1.807) is 6.92 Å². The number of halogens is 12. The second-order valence-corrected chi connectivity index (χ2v) is 14.6. The molecule has 0 spiro atoms. The second-order valence-electron chi connectivity index (χ2n) is 12.2. The Morgan fingerprint density at radius 1 is 0.790 bits per heavy atom. The first-order valence-corrected chi connectivity index (χ1v) is 18.5. The number of nitrogens with zero attached hydrogens (tertiary/aromatic N) is 3. The van der Waals surface area contributed by atoms with Crippen LogP contribution in [0.15, 0.2) is 18.2 Å². The minimum Gasteiger partial charge on any atom is -0.477 e. The average molecular weight is 953 g/mol. The third-order valence-electron chi connectivity index (χ3n) is 7.23. The number of ether oxygens (including phenoxy) is 1. The molecular formula is C35H28F12N6O6S3. The molecule has 6 N–H and O–H groups in total. The maximum absolute atomic E-state index is 13.0. The molecule has 0 unspecified atom stereocenters. The minimum absolute atomic E-state index is 0.0165. The van der Waals surface area contributed by atoms with Gasteiger partial charge in [0.2, 0.25) is 5.78 Å². The Hall–Kier alpha value is -5.88. The number of Topliss-reactive ketones (excluding diaryl/α,β-unsaturated/α-hetero) is 2. The van der Waals surface area contributed by atoms with Crippen molar-refractivity contribution in [3.05, 3.63) is 71.9 Å². The lowest BCUT2D eigenvalue weighted by atomic mass is 10.1. The number of aromatic nitrogens is 3. The van der Waals surface area contributed by atoms with E-state index in [1.807, 2.05) is 0 Å². The standard InChI is InChI=1S/C12H11F3N2O2S.C10H7F3N2O2S.C8H5F3N2S.C5H5F3O2/c1-3-19-11(18)9-8(16)7-6(12(13,14)15)4-5(2)17-10(7)20-9;1-3-2-4(10(11,12)13)5-6(14)7(9(16)17)18-8(5)15-3;1-4-2-6(8(9,10)11)5(3-12)7(14)13-4;1-3(9)2-4(10)5(6,7)8/h4H,3,16H2,1-2H3;2H,14H2,1H3,(H,16,17);2H,1H3,(H,13,14);2H2,1H3. The van der Waals surface area contributed by atoms with Crippen LogP contribution in [0.1, 0.15) is 78.9 Å². The molecule has 0 aliphatic carbocycles. The fourth-order valence-corrected chi connectivity index (χ4v) is 7.17. The first-order valence-electron chi connectivity index (χ1n) is 16.4. The summed E-state index contributed by atoms with van der Waals surface area (Å²) >= 11 is 6.06. The number of ketones is 2. The van der Waals surface area contributed by atoms with Crippen molar-refractivity contribution < 1.29 is 81.7 Å². The Morgan fingerprint density at radius 3 is 1.55 bits per heavy atom. The number of carbonyl (C=O) groups excluding carboxylic acids is 3. The van der Waals surface area contributed by atoms with Crippen LogP contribution >= 0.6 is 34.9 Å². The molecule has 5 rings (SSSR count). The number of nitrogens with one attached hydrogen (secondary N) is 1. The number of nitriles is 1. The summed E-state index contributed by atoms with van der Waals surface area (Å²) in [6, 6.07) is 4.09. The molecule has 27 heteroatoms. The molecule has 336 valence electrons. The molecular weight excluding hydrogens is 925 g/mol. The highest BCUT2D eigenvalue weighted by Crippen LogP contribution is 2.43. The second kappa shape index (κ2) is 19.9. The van der Waals surface area contributed by atoms with E-state index in [-0.39, 0.29) is 69.9 Å². The van der Waals surface area contributed by atoms with Gasteiger partial charge >= 0.3 is 36.6 Å². The number of pyridine rings is 3. The van der Waals surface area contributed by atoms with Crippen molar-refractivity contribution >= 4 is 90.2 Å². The number of carbonyl (C=O) groups is 4. The van der Waals surface area contributed by atoms with Crippen LogP contribution in [0.3, 0.4) is 0 Å². The third-order valence-corrected chi connectivity index (χ3v) is 9.70. The first-order chi connectivity index (χ1) is 28.2. The van der Waals surface area contributed by atoms with Crippen molar-refractivity contribution in [3.8, 4) is 6.07 Å². The van der Waals surface area contributed by atoms with Gasteiger partial charge in [-0.15, -0.1) is 22.7 Å². The number of rotatable bonds is 5. The van der Waals surface area contributed by atoms with Crippen molar-refractivity contribution in [3.63, 3.8) is 0 Å². The Labute approximate surface area is 353 Å². The van der Waals surface area contributed by atoms with Crippen molar-refractivity contribution in [2.24, 2.45) is 0 Å². The highest BCUT2D eigenvalue weighted by atomic mass is 32.1. The number of aromatic carboxylic acids is 1. The number of alkyl halides is 12. The lowest BCUT2D eigenvalue weighted by Crippen LogP contribution is -2.24. The predicted molar refractivity (Wildman–Crippen MR) is 203 cm³/mol. The zero-order valence-electron chi connectivity index (χ0n) is 31.9. The highest BCUT2D eigenvalue weighted by Gasteiger charge is 2.39. The third kappa shape index (κ3) is 13.3. The molecule has 5 aromatic heterocycles. The van der Waals surface area contributed by atoms with Crippen LogP contribution in [0.5, 0.6) is 0 Å². The summed E-state index contributed by atoms with van der Waals surface area (Å²) < 4.78 is 153. The van der Waals surface area contributed by atoms with Crippen LogP contribution in [-0.4, -0.2) is 56.3 Å². The number of fused-ring (bicyclic) bond motifs is 2. The van der Waals surface area contributed by atoms with Crippen molar-refractivity contribution in [2.45, 2.75) is 65.7 Å². The summed E-state index contributed by atoms with van der Waals surface area (Å²) in [5.41, 5.74) is 7.84. The van der Waals surface area contributed by atoms with Gasteiger partial charge < -0.3 is 26.3 Å². The number of aromatic amines is 1. The number of carboxylic acid groups (broad SMARTS) is 1. The van der Waals surface area contributed by atoms with Gasteiger partial charge in [-0.3, -0.25) is 9.59 Å². The molecule has 0 saturated heterocycles. The number of nitrogens with two attached hydrogens (primary N) is 2. The van der Waals surface area contributed by atoms with E-state index in [2.05, 4.69) is 27.2 Å². The van der Waals surface area contributed by atoms with E-state index >= 15 is 0 Å². The predicted octanol–water partition coefficient (Wildman–Crippen LogP) is 10.3. The molecule has 0 atom stereocenters. The molecule has 5 heterocycles. The molecule has 0 bridgehead atoms. The molecule has 0 saturated carbocycles. The quantitative estimate of drug-likeness (QED) is 0.0560. The summed E-state index contributed by atoms with van der Waals surface area (Å²) in [5, 5.41) is 16.8. The Balaban J connectivity index is 0.000000293. The molecule has 0 aliphatic heterocycles. The number of aryl methyl sites for hydroxylation is 3. The summed E-state index contributed by atoms with van der Waals surface area (Å²) in [4.78, 5) is 52.5. The van der Waals surface area contributed by atoms with Gasteiger partial charge in [-0.2, -0.15) is 57.9 Å². The number of esters is 1. The maximum atomic E-state index is 13.0. The number of H-pyrrole nitrogens is 1. The van der Waals surface area contributed by atoms with Crippen molar-refractivity contribution in [2.75, 3.05) is 18.1 Å². The number of anilines is 2. The van der Waals surface area contributed by atoms with Crippen molar-refractivity contribution in [1.29, 1.82) is 5.26 Å². The fraction of sp³-hybridized carbons (Fsp3) is 0.314. The molecule has 0 aromatic carbocycles. The van der Waals surface area contributed by atoms with Gasteiger partial charge in [0, 0.05) is 27.9 Å². The lowest BCUT2D eigenvalue weighted by Gasteiger charge is -2.09. The van der Waals surface area contributed by atoms with Gasteiger partial charge in [-0.05, 0) is 52.8 Å². The van der Waals surface area contributed by atoms with Crippen LogP contribution in [0.4, 0.5) is 64.1 Å². The molecule has 12 nitrogen and oxygen atoms in total. The Bertz CT molecular complexity index is 2620. The number of thiophene rings is 2. The normalized spacial score (nSPS) is 11.6. The lowest BCUT2D eigenvalue weighted by molar-refractivity contribution is -0.171. The van der Waals surface area contributed by atoms with Crippen LogP contribution < -0.4 is 11.5 Å². The average Bonchev–Trinajstić information content (AvgIpc) is 3.62. The summed E-state index contributed by atoms with van der Waals surface area (Å²) in [6.45, 7) is 6.96. The van der Waals surface area contributed by atoms with Gasteiger partial charge in [0.1, 0.15) is 35.9 Å². The van der Waals surface area contributed by atoms with Gasteiger partial charge in [0.05, 0.1) is 46.7 Å². The zero-order valence-corrected chi connectivity index (χ0v) is 34.3. The minimum atomic E-state index is -4.87. The van der Waals surface area contributed by atoms with E-state index in [1.165, 1.54) is 26.8 Å². The highest BCUT2D eigenvalue weighted by molar-refractivity contribution is 7.71. The van der Waals surface area contributed by atoms with E-state index in [0.717, 1.165) is 36.5 Å². The zero-order chi connectivity index (χ0) is 48.0. The number of hydrogen-bond donors (Lipinski definition) is 4. The van der Waals surface area contributed by atoms with E-state index < -0.39 is 76.9 Å². The summed E-state index contributed by atoms with van der Waals surface area (Å²) in [6.07, 6.45) is -19.6. The van der Waals surface area contributed by atoms with Gasteiger partial charge in [-0.25, -0.2) is 19.6 Å². The van der Waals surface area contributed by atoms with E-state index in [4.69, 9.17) is 26.6 Å². The molecule has 0 amide bonds. The Morgan fingerprint density at radius 2 is 1.21 bits per heavy atom. The topological polar surface area (TPSA) is 215 Å². The van der Waals surface area contributed by atoms with Crippen molar-refractivity contribution in [1.82, 2.24) is 15.0 Å². The summed E-state index contributed by atoms with van der Waals surface area (Å²) in [7, 11) is 0.